The highest BCUT2D eigenvalue weighted by Gasteiger charge is 2.35. The van der Waals surface area contributed by atoms with E-state index in [1.807, 2.05) is 24.3 Å². The second-order valence-corrected chi connectivity index (χ2v) is 9.12. The Bertz CT molecular complexity index is 915. The molecule has 2 aliphatic heterocycles. The number of likely N-dealkylation sites (tertiary alicyclic amines) is 1. The zero-order chi connectivity index (χ0) is 21.2. The van der Waals surface area contributed by atoms with Gasteiger partial charge in [-0.25, -0.2) is 0 Å². The van der Waals surface area contributed by atoms with Gasteiger partial charge in [-0.15, -0.1) is 5.10 Å². The van der Waals surface area contributed by atoms with Crippen molar-refractivity contribution in [3.63, 3.8) is 0 Å². The molecule has 0 spiro atoms. The number of aromatic nitrogens is 2. The summed E-state index contributed by atoms with van der Waals surface area (Å²) >= 11 is 0. The summed E-state index contributed by atoms with van der Waals surface area (Å²) in [5, 5.41) is 11.0. The van der Waals surface area contributed by atoms with E-state index in [9.17, 15) is 9.59 Å². The number of nitrogens with zero attached hydrogens (tertiary/aromatic N) is 4. The number of carbonyl (C=O) groups is 2. The van der Waals surface area contributed by atoms with Gasteiger partial charge in [-0.3, -0.25) is 9.59 Å². The van der Waals surface area contributed by atoms with E-state index in [0.717, 1.165) is 56.7 Å². The lowest BCUT2D eigenvalue weighted by atomic mass is 9.90. The summed E-state index contributed by atoms with van der Waals surface area (Å²) in [5.74, 6) is 2.19. The topological polar surface area (TPSA) is 78.4 Å². The van der Waals surface area contributed by atoms with Crippen molar-refractivity contribution >= 4 is 23.3 Å². The lowest BCUT2D eigenvalue weighted by Crippen LogP contribution is -2.52. The van der Waals surface area contributed by atoms with Gasteiger partial charge in [-0.05, 0) is 67.9 Å². The molecule has 3 heterocycles. The summed E-state index contributed by atoms with van der Waals surface area (Å²) in [5.41, 5.74) is 2.14. The van der Waals surface area contributed by atoms with Crippen molar-refractivity contribution in [3.05, 3.63) is 48.2 Å². The molecule has 3 fully saturated rings. The van der Waals surface area contributed by atoms with E-state index < -0.39 is 0 Å². The molecule has 1 aromatic carbocycles. The Balaban J connectivity index is 1.06. The summed E-state index contributed by atoms with van der Waals surface area (Å²) in [7, 11) is 0. The average molecular weight is 420 g/mol. The van der Waals surface area contributed by atoms with E-state index in [0.29, 0.717) is 30.8 Å². The van der Waals surface area contributed by atoms with Gasteiger partial charge in [-0.2, -0.15) is 5.10 Å². The zero-order valence-corrected chi connectivity index (χ0v) is 17.7. The number of anilines is 2. The summed E-state index contributed by atoms with van der Waals surface area (Å²) in [6, 6.07) is 12.0. The number of benzene rings is 1. The van der Waals surface area contributed by atoms with Crippen molar-refractivity contribution in [3.8, 4) is 0 Å². The first-order valence-corrected chi connectivity index (χ1v) is 11.4. The maximum atomic E-state index is 12.5. The highest BCUT2D eigenvalue weighted by Crippen LogP contribution is 2.33. The molecule has 1 aliphatic carbocycles. The molecule has 2 amide bonds. The van der Waals surface area contributed by atoms with Crippen molar-refractivity contribution in [1.82, 2.24) is 15.1 Å². The predicted octanol–water partition coefficient (Wildman–Crippen LogP) is 2.74. The van der Waals surface area contributed by atoms with Crippen molar-refractivity contribution in [2.75, 3.05) is 36.4 Å². The van der Waals surface area contributed by atoms with Gasteiger partial charge in [0.05, 0.1) is 5.92 Å². The van der Waals surface area contributed by atoms with Crippen LogP contribution >= 0.6 is 0 Å². The van der Waals surface area contributed by atoms with Gasteiger partial charge in [0.1, 0.15) is 0 Å². The normalized spacial score (nSPS) is 19.7. The Labute approximate surface area is 182 Å². The van der Waals surface area contributed by atoms with E-state index in [4.69, 9.17) is 0 Å². The molecule has 7 nitrogen and oxygen atoms in total. The maximum absolute atomic E-state index is 12.5. The van der Waals surface area contributed by atoms with Gasteiger partial charge in [-0.1, -0.05) is 12.1 Å². The molecule has 1 N–H and O–H groups in total. The van der Waals surface area contributed by atoms with Crippen LogP contribution in [-0.4, -0.2) is 53.1 Å². The lowest BCUT2D eigenvalue weighted by molar-refractivity contribution is -0.133. The van der Waals surface area contributed by atoms with Gasteiger partial charge in [0.2, 0.25) is 11.8 Å². The third-order valence-electron chi connectivity index (χ3n) is 6.73. The minimum atomic E-state index is -0.0229. The van der Waals surface area contributed by atoms with Gasteiger partial charge in [0.15, 0.2) is 5.82 Å². The first kappa shape index (κ1) is 20.0. The van der Waals surface area contributed by atoms with Crippen molar-refractivity contribution in [2.45, 2.75) is 32.1 Å². The molecule has 162 valence electrons. The van der Waals surface area contributed by atoms with Crippen LogP contribution in [0, 0.1) is 17.8 Å². The minimum absolute atomic E-state index is 0.0229. The number of hydrogen-bond acceptors (Lipinski definition) is 5. The molecule has 31 heavy (non-hydrogen) atoms. The monoisotopic (exact) mass is 419 g/mol. The number of nitrogens with one attached hydrogen (secondary N) is 1. The fourth-order valence-electron chi connectivity index (χ4n) is 4.54. The first-order valence-electron chi connectivity index (χ1n) is 11.4. The Morgan fingerprint density at radius 3 is 2.35 bits per heavy atom. The smallest absolute Gasteiger partial charge is 0.231 e. The van der Waals surface area contributed by atoms with E-state index in [1.165, 1.54) is 5.56 Å². The maximum Gasteiger partial charge on any atom is 0.231 e. The van der Waals surface area contributed by atoms with Crippen LogP contribution < -0.4 is 10.2 Å². The van der Waals surface area contributed by atoms with E-state index in [1.54, 1.807) is 6.20 Å². The third kappa shape index (κ3) is 4.70. The highest BCUT2D eigenvalue weighted by atomic mass is 16.2. The molecular formula is C24H29N5O2. The highest BCUT2D eigenvalue weighted by molar-refractivity contribution is 5.94. The van der Waals surface area contributed by atoms with E-state index in [2.05, 4.69) is 37.4 Å². The van der Waals surface area contributed by atoms with Crippen LogP contribution in [0.1, 0.15) is 31.2 Å². The van der Waals surface area contributed by atoms with Crippen LogP contribution in [0.3, 0.4) is 0 Å². The lowest BCUT2D eigenvalue weighted by Gasteiger charge is -2.38. The Hall–Kier alpha value is -2.96. The van der Waals surface area contributed by atoms with Crippen LogP contribution in [0.15, 0.2) is 42.6 Å². The number of carbonyl (C=O) groups excluding carboxylic acids is 2. The van der Waals surface area contributed by atoms with Crippen LogP contribution in [0.25, 0.3) is 0 Å². The zero-order valence-electron chi connectivity index (χ0n) is 17.7. The standard InChI is InChI=1S/C24H29N5O2/c30-23(20-15-29(16-20)22-2-1-11-25-27-22)26-21-7-3-17(4-8-21)14-18-9-12-28(13-10-18)24(31)19-5-6-19/h1-4,7-8,11,18-20H,5-6,9-10,12-16H2,(H,26,30). The molecule has 5 rings (SSSR count). The third-order valence-corrected chi connectivity index (χ3v) is 6.73. The predicted molar refractivity (Wildman–Crippen MR) is 119 cm³/mol. The number of hydrogen-bond donors (Lipinski definition) is 1. The molecule has 7 heteroatoms. The molecule has 0 radical (unpaired) electrons. The molecule has 2 saturated heterocycles. The fourth-order valence-corrected chi connectivity index (χ4v) is 4.54. The molecule has 3 aliphatic rings. The number of amides is 2. The summed E-state index contributed by atoms with van der Waals surface area (Å²) in [6.45, 7) is 3.15. The molecule has 0 bridgehead atoms. The summed E-state index contributed by atoms with van der Waals surface area (Å²) in [6.07, 6.45) is 7.03. The quantitative estimate of drug-likeness (QED) is 0.779. The molecule has 0 atom stereocenters. The fraction of sp³-hybridized carbons (Fsp3) is 0.500. The van der Waals surface area contributed by atoms with Crippen LogP contribution in [0.2, 0.25) is 0 Å². The molecule has 1 saturated carbocycles. The SMILES string of the molecule is O=C(Nc1ccc(CC2CCN(C(=O)C3CC3)CC2)cc1)C1CN(c2cccnn2)C1. The second-order valence-electron chi connectivity index (χ2n) is 9.12. The van der Waals surface area contributed by atoms with E-state index >= 15 is 0 Å². The van der Waals surface area contributed by atoms with Gasteiger partial charge in [0, 0.05) is 44.0 Å². The van der Waals surface area contributed by atoms with Crippen molar-refractivity contribution in [1.29, 1.82) is 0 Å². The molecule has 0 unspecified atom stereocenters. The van der Waals surface area contributed by atoms with Gasteiger partial charge in [0.25, 0.3) is 0 Å². The summed E-state index contributed by atoms with van der Waals surface area (Å²) < 4.78 is 0. The largest absolute Gasteiger partial charge is 0.353 e. The molecule has 1 aromatic heterocycles. The average Bonchev–Trinajstić information content (AvgIpc) is 3.60. The van der Waals surface area contributed by atoms with Crippen LogP contribution in [0.4, 0.5) is 11.5 Å². The minimum Gasteiger partial charge on any atom is -0.353 e. The van der Waals surface area contributed by atoms with Crippen molar-refractivity contribution in [2.24, 2.45) is 17.8 Å². The molecular weight excluding hydrogens is 390 g/mol. The number of piperidine rings is 1. The Morgan fingerprint density at radius 2 is 1.71 bits per heavy atom. The van der Waals surface area contributed by atoms with E-state index in [-0.39, 0.29) is 11.8 Å². The Kier molecular flexibility index (Phi) is 5.57. The summed E-state index contributed by atoms with van der Waals surface area (Å²) in [4.78, 5) is 28.8. The number of rotatable bonds is 6. The van der Waals surface area contributed by atoms with Gasteiger partial charge >= 0.3 is 0 Å². The Morgan fingerprint density at radius 1 is 0.968 bits per heavy atom. The first-order chi connectivity index (χ1) is 15.2. The van der Waals surface area contributed by atoms with Gasteiger partial charge < -0.3 is 15.1 Å². The van der Waals surface area contributed by atoms with Crippen molar-refractivity contribution < 1.29 is 9.59 Å². The van der Waals surface area contributed by atoms with Crippen LogP contribution in [-0.2, 0) is 16.0 Å². The van der Waals surface area contributed by atoms with Crippen LogP contribution in [0.5, 0.6) is 0 Å². The molecule has 2 aromatic rings. The second kappa shape index (κ2) is 8.65.